The molecular formula is C14H24N4. The van der Waals surface area contributed by atoms with E-state index in [-0.39, 0.29) is 5.84 Å². The molecule has 0 saturated carbocycles. The van der Waals surface area contributed by atoms with Crippen molar-refractivity contribution < 1.29 is 0 Å². The van der Waals surface area contributed by atoms with Crippen LogP contribution in [0.3, 0.4) is 0 Å². The van der Waals surface area contributed by atoms with Crippen LogP contribution in [0.5, 0.6) is 0 Å². The first-order valence-electron chi connectivity index (χ1n) is 6.46. The van der Waals surface area contributed by atoms with E-state index in [2.05, 4.69) is 36.8 Å². The molecule has 100 valence electrons. The van der Waals surface area contributed by atoms with Gasteiger partial charge in [0.25, 0.3) is 0 Å². The Bertz CT molecular complexity index is 385. The van der Waals surface area contributed by atoms with Gasteiger partial charge < -0.3 is 15.5 Å². The van der Waals surface area contributed by atoms with Gasteiger partial charge in [-0.15, -0.1) is 0 Å². The summed E-state index contributed by atoms with van der Waals surface area (Å²) >= 11 is 0. The Morgan fingerprint density at radius 3 is 2.44 bits per heavy atom. The van der Waals surface area contributed by atoms with Gasteiger partial charge in [0, 0.05) is 31.4 Å². The van der Waals surface area contributed by atoms with Gasteiger partial charge in [-0.05, 0) is 25.2 Å². The van der Waals surface area contributed by atoms with Gasteiger partial charge in [-0.2, -0.15) is 0 Å². The van der Waals surface area contributed by atoms with E-state index in [1.54, 1.807) is 0 Å². The third-order valence-corrected chi connectivity index (χ3v) is 3.24. The normalized spacial score (nSPS) is 10.7. The minimum absolute atomic E-state index is 0.119. The van der Waals surface area contributed by atoms with Crippen LogP contribution >= 0.6 is 0 Å². The van der Waals surface area contributed by atoms with Gasteiger partial charge in [0.15, 0.2) is 0 Å². The van der Waals surface area contributed by atoms with Crippen molar-refractivity contribution in [3.05, 3.63) is 29.8 Å². The van der Waals surface area contributed by atoms with Crippen LogP contribution in [0, 0.1) is 5.41 Å². The molecule has 0 atom stereocenters. The number of anilines is 1. The Hall–Kier alpha value is -1.55. The van der Waals surface area contributed by atoms with E-state index in [1.807, 2.05) is 18.2 Å². The minimum atomic E-state index is 0.119. The predicted octanol–water partition coefficient (Wildman–Crippen LogP) is 1.75. The molecule has 3 N–H and O–H groups in total. The van der Waals surface area contributed by atoms with E-state index < -0.39 is 0 Å². The lowest BCUT2D eigenvalue weighted by molar-refractivity contribution is 0.311. The number of rotatable bonds is 7. The molecule has 1 aromatic carbocycles. The Labute approximate surface area is 110 Å². The van der Waals surface area contributed by atoms with Crippen molar-refractivity contribution in [1.29, 1.82) is 5.41 Å². The molecule has 18 heavy (non-hydrogen) atoms. The maximum Gasteiger partial charge on any atom is 0.122 e. The zero-order valence-corrected chi connectivity index (χ0v) is 11.6. The van der Waals surface area contributed by atoms with Crippen molar-refractivity contribution in [1.82, 2.24) is 4.90 Å². The molecule has 0 aromatic heterocycles. The van der Waals surface area contributed by atoms with Gasteiger partial charge in [-0.25, -0.2) is 0 Å². The summed E-state index contributed by atoms with van der Waals surface area (Å²) < 4.78 is 0. The number of nitrogens with zero attached hydrogens (tertiary/aromatic N) is 2. The highest BCUT2D eigenvalue weighted by molar-refractivity contribution is 5.95. The summed E-state index contributed by atoms with van der Waals surface area (Å²) in [4.78, 5) is 4.59. The lowest BCUT2D eigenvalue weighted by atomic mass is 10.2. The Balaban J connectivity index is 2.63. The summed E-state index contributed by atoms with van der Waals surface area (Å²) in [5, 5.41) is 7.45. The van der Waals surface area contributed by atoms with Crippen molar-refractivity contribution >= 4 is 11.5 Å². The summed E-state index contributed by atoms with van der Waals surface area (Å²) in [7, 11) is 2.07. The van der Waals surface area contributed by atoms with Crippen molar-refractivity contribution in [3.8, 4) is 0 Å². The molecule has 0 aliphatic heterocycles. The van der Waals surface area contributed by atoms with E-state index in [4.69, 9.17) is 11.1 Å². The summed E-state index contributed by atoms with van der Waals surface area (Å²) in [6.45, 7) is 8.55. The first-order valence-corrected chi connectivity index (χ1v) is 6.46. The number of nitrogen functional groups attached to an aromatic ring is 1. The van der Waals surface area contributed by atoms with E-state index in [1.165, 1.54) is 0 Å². The smallest absolute Gasteiger partial charge is 0.122 e. The maximum atomic E-state index is 7.45. The third-order valence-electron chi connectivity index (χ3n) is 3.24. The molecule has 1 aromatic rings. The summed E-state index contributed by atoms with van der Waals surface area (Å²) in [6, 6.07) is 7.82. The number of amidine groups is 1. The highest BCUT2D eigenvalue weighted by Crippen LogP contribution is 2.14. The third kappa shape index (κ3) is 4.04. The zero-order chi connectivity index (χ0) is 13.5. The summed E-state index contributed by atoms with van der Waals surface area (Å²) in [5.74, 6) is 0.119. The Morgan fingerprint density at radius 1 is 1.22 bits per heavy atom. The number of benzene rings is 1. The van der Waals surface area contributed by atoms with Crippen molar-refractivity contribution in [3.63, 3.8) is 0 Å². The fourth-order valence-corrected chi connectivity index (χ4v) is 1.87. The first-order chi connectivity index (χ1) is 8.58. The molecule has 1 rings (SSSR count). The fraction of sp³-hybridized carbons (Fsp3) is 0.500. The molecular weight excluding hydrogens is 224 g/mol. The second-order valence-corrected chi connectivity index (χ2v) is 4.41. The van der Waals surface area contributed by atoms with Crippen LogP contribution in [0.1, 0.15) is 19.4 Å². The fourth-order valence-electron chi connectivity index (χ4n) is 1.87. The van der Waals surface area contributed by atoms with Crippen molar-refractivity contribution in [2.75, 3.05) is 38.1 Å². The molecule has 0 saturated heterocycles. The predicted molar refractivity (Wildman–Crippen MR) is 78.5 cm³/mol. The van der Waals surface area contributed by atoms with Crippen LogP contribution in [0.15, 0.2) is 24.3 Å². The average Bonchev–Trinajstić information content (AvgIpc) is 2.39. The van der Waals surface area contributed by atoms with Crippen molar-refractivity contribution in [2.45, 2.75) is 13.8 Å². The molecule has 4 heteroatoms. The van der Waals surface area contributed by atoms with Crippen LogP contribution in [0.4, 0.5) is 5.69 Å². The largest absolute Gasteiger partial charge is 0.384 e. The molecule has 0 unspecified atom stereocenters. The van der Waals surface area contributed by atoms with Gasteiger partial charge in [-0.1, -0.05) is 26.0 Å². The minimum Gasteiger partial charge on any atom is -0.384 e. The molecule has 0 heterocycles. The van der Waals surface area contributed by atoms with E-state index >= 15 is 0 Å². The lowest BCUT2D eigenvalue weighted by Gasteiger charge is -2.24. The van der Waals surface area contributed by atoms with Crippen LogP contribution in [0.2, 0.25) is 0 Å². The second kappa shape index (κ2) is 7.01. The van der Waals surface area contributed by atoms with E-state index in [0.29, 0.717) is 0 Å². The van der Waals surface area contributed by atoms with Crippen LogP contribution in [-0.4, -0.2) is 44.0 Å². The van der Waals surface area contributed by atoms with E-state index in [0.717, 1.165) is 37.4 Å². The zero-order valence-electron chi connectivity index (χ0n) is 11.6. The Morgan fingerprint density at radius 2 is 1.89 bits per heavy atom. The highest BCUT2D eigenvalue weighted by atomic mass is 15.2. The highest BCUT2D eigenvalue weighted by Gasteiger charge is 2.05. The summed E-state index contributed by atoms with van der Waals surface area (Å²) in [6.07, 6.45) is 0. The molecule has 0 fully saturated rings. The number of nitrogens with one attached hydrogen (secondary N) is 1. The van der Waals surface area contributed by atoms with Gasteiger partial charge in [0.05, 0.1) is 0 Å². The number of likely N-dealkylation sites (N-methyl/N-ethyl adjacent to an activating group) is 2. The number of hydrogen-bond donors (Lipinski definition) is 2. The van der Waals surface area contributed by atoms with Crippen LogP contribution in [-0.2, 0) is 0 Å². The van der Waals surface area contributed by atoms with Gasteiger partial charge >= 0.3 is 0 Å². The molecule has 0 aliphatic rings. The summed E-state index contributed by atoms with van der Waals surface area (Å²) in [5.41, 5.74) is 7.39. The van der Waals surface area contributed by atoms with Gasteiger partial charge in [0.2, 0.25) is 0 Å². The molecule has 0 aliphatic carbocycles. The number of nitrogens with two attached hydrogens (primary N) is 1. The molecule has 0 radical (unpaired) electrons. The van der Waals surface area contributed by atoms with Gasteiger partial charge in [-0.3, -0.25) is 5.41 Å². The van der Waals surface area contributed by atoms with E-state index in [9.17, 15) is 0 Å². The lowest BCUT2D eigenvalue weighted by Crippen LogP contribution is -2.33. The topological polar surface area (TPSA) is 56.4 Å². The first kappa shape index (κ1) is 14.5. The second-order valence-electron chi connectivity index (χ2n) is 4.41. The van der Waals surface area contributed by atoms with Crippen molar-refractivity contribution in [2.24, 2.45) is 5.73 Å². The molecule has 0 spiro atoms. The quantitative estimate of drug-likeness (QED) is 0.571. The van der Waals surface area contributed by atoms with Gasteiger partial charge in [0.1, 0.15) is 5.84 Å². The van der Waals surface area contributed by atoms with Crippen LogP contribution in [0.25, 0.3) is 0 Å². The Kier molecular flexibility index (Phi) is 5.65. The number of hydrogen-bond acceptors (Lipinski definition) is 3. The maximum absolute atomic E-state index is 7.45. The van der Waals surface area contributed by atoms with Crippen LogP contribution < -0.4 is 10.6 Å². The molecule has 4 nitrogen and oxygen atoms in total. The monoisotopic (exact) mass is 248 g/mol. The SMILES string of the molecule is CCN(CC)CCN(C)c1cccc(C(=N)N)c1. The average molecular weight is 248 g/mol. The molecule has 0 bridgehead atoms. The molecule has 0 amide bonds. The standard InChI is InChI=1S/C14H24N4/c1-4-18(5-2)10-9-17(3)13-8-6-7-12(11-13)14(15)16/h6-8,11H,4-5,9-10H2,1-3H3,(H3,15,16).